The molecular weight excluding hydrogens is 398 g/mol. The zero-order valence-electron chi connectivity index (χ0n) is 16.3. The van der Waals surface area contributed by atoms with Crippen molar-refractivity contribution in [3.05, 3.63) is 102 Å². The molecule has 1 aromatic heterocycles. The van der Waals surface area contributed by atoms with Crippen molar-refractivity contribution in [2.45, 2.75) is 12.7 Å². The van der Waals surface area contributed by atoms with Crippen molar-refractivity contribution in [1.82, 2.24) is 14.8 Å². The average Bonchev–Trinajstić information content (AvgIpc) is 3.28. The molecule has 1 aliphatic heterocycles. The smallest absolute Gasteiger partial charge is 0.387 e. The molecule has 5 rings (SSSR count). The van der Waals surface area contributed by atoms with Crippen LogP contribution in [0.1, 0.15) is 17.2 Å². The Hall–Kier alpha value is -4.00. The molecule has 1 atom stereocenters. The van der Waals surface area contributed by atoms with Crippen LogP contribution in [0.3, 0.4) is 0 Å². The van der Waals surface area contributed by atoms with Crippen LogP contribution in [0.5, 0.6) is 5.75 Å². The second-order valence-electron chi connectivity index (χ2n) is 7.07. The van der Waals surface area contributed by atoms with Gasteiger partial charge in [0.15, 0.2) is 0 Å². The van der Waals surface area contributed by atoms with Crippen LogP contribution in [0.25, 0.3) is 16.8 Å². The largest absolute Gasteiger partial charge is 0.435 e. The van der Waals surface area contributed by atoms with E-state index in [1.165, 1.54) is 18.5 Å². The SMILES string of the molecule is FC(F)Oc1ccc([C@H]2C=C(c3ccc(-c4ccccc4)cc3)Nc3ncnn32)cc1. The second-order valence-corrected chi connectivity index (χ2v) is 7.07. The number of fused-ring (bicyclic) bond motifs is 1. The molecule has 0 unspecified atom stereocenters. The van der Waals surface area contributed by atoms with Crippen LogP contribution < -0.4 is 10.1 Å². The van der Waals surface area contributed by atoms with Gasteiger partial charge in [0, 0.05) is 5.70 Å². The summed E-state index contributed by atoms with van der Waals surface area (Å²) >= 11 is 0. The van der Waals surface area contributed by atoms with Crippen LogP contribution >= 0.6 is 0 Å². The summed E-state index contributed by atoms with van der Waals surface area (Å²) < 4.78 is 31.1. The van der Waals surface area contributed by atoms with E-state index in [9.17, 15) is 8.78 Å². The van der Waals surface area contributed by atoms with Gasteiger partial charge in [-0.1, -0.05) is 66.7 Å². The molecule has 4 aromatic rings. The lowest BCUT2D eigenvalue weighted by atomic mass is 9.99. The van der Waals surface area contributed by atoms with Crippen LogP contribution in [0, 0.1) is 0 Å². The topological polar surface area (TPSA) is 52.0 Å². The zero-order valence-corrected chi connectivity index (χ0v) is 16.3. The normalized spacial score (nSPS) is 15.2. The lowest BCUT2D eigenvalue weighted by Crippen LogP contribution is -2.20. The number of hydrogen-bond acceptors (Lipinski definition) is 4. The maximum Gasteiger partial charge on any atom is 0.387 e. The molecule has 0 saturated heterocycles. The van der Waals surface area contributed by atoms with E-state index >= 15 is 0 Å². The van der Waals surface area contributed by atoms with E-state index in [0.717, 1.165) is 28.0 Å². The van der Waals surface area contributed by atoms with Gasteiger partial charge in [0.25, 0.3) is 0 Å². The van der Waals surface area contributed by atoms with Gasteiger partial charge >= 0.3 is 6.61 Å². The Bertz CT molecular complexity index is 1200. The van der Waals surface area contributed by atoms with Crippen molar-refractivity contribution >= 4 is 11.6 Å². The molecule has 0 aliphatic carbocycles. The molecule has 5 nitrogen and oxygen atoms in total. The van der Waals surface area contributed by atoms with E-state index in [1.807, 2.05) is 24.3 Å². The van der Waals surface area contributed by atoms with Crippen molar-refractivity contribution in [3.63, 3.8) is 0 Å². The minimum Gasteiger partial charge on any atom is -0.435 e. The van der Waals surface area contributed by atoms with Gasteiger partial charge in [0.05, 0.1) is 0 Å². The fraction of sp³-hybridized carbons (Fsp3) is 0.0833. The monoisotopic (exact) mass is 416 g/mol. The summed E-state index contributed by atoms with van der Waals surface area (Å²) in [6.45, 7) is -2.85. The van der Waals surface area contributed by atoms with Gasteiger partial charge < -0.3 is 10.1 Å². The zero-order chi connectivity index (χ0) is 21.2. The van der Waals surface area contributed by atoms with Gasteiger partial charge in [-0.3, -0.25) is 0 Å². The first-order valence-corrected chi connectivity index (χ1v) is 9.76. The molecule has 154 valence electrons. The number of anilines is 1. The summed E-state index contributed by atoms with van der Waals surface area (Å²) in [7, 11) is 0. The Morgan fingerprint density at radius 2 is 1.52 bits per heavy atom. The van der Waals surface area contributed by atoms with E-state index in [1.54, 1.807) is 16.8 Å². The summed E-state index contributed by atoms with van der Waals surface area (Å²) in [5, 5.41) is 7.63. The van der Waals surface area contributed by atoms with Crippen molar-refractivity contribution in [2.24, 2.45) is 0 Å². The molecule has 31 heavy (non-hydrogen) atoms. The minimum atomic E-state index is -2.85. The quantitative estimate of drug-likeness (QED) is 0.460. The van der Waals surface area contributed by atoms with E-state index in [0.29, 0.717) is 5.95 Å². The third kappa shape index (κ3) is 3.90. The fourth-order valence-corrected chi connectivity index (χ4v) is 3.66. The first-order valence-electron chi connectivity index (χ1n) is 9.76. The average molecular weight is 416 g/mol. The number of nitrogens with zero attached hydrogens (tertiary/aromatic N) is 3. The number of ether oxygens (including phenoxy) is 1. The van der Waals surface area contributed by atoms with Gasteiger partial charge in [0.2, 0.25) is 5.95 Å². The standard InChI is InChI=1S/C24H18F2N4O/c25-23(26)31-20-12-10-19(11-13-20)22-14-21(29-24-27-15-28-30(22)24)18-8-6-17(7-9-18)16-4-2-1-3-5-16/h1-15,22-23H,(H,27,28,29)/t22-/m1/s1. The third-order valence-electron chi connectivity index (χ3n) is 5.16. The second kappa shape index (κ2) is 8.02. The van der Waals surface area contributed by atoms with Gasteiger partial charge in [-0.2, -0.15) is 18.9 Å². The number of hydrogen-bond donors (Lipinski definition) is 1. The summed E-state index contributed by atoms with van der Waals surface area (Å²) in [5.74, 6) is 0.731. The van der Waals surface area contributed by atoms with Gasteiger partial charge in [-0.25, -0.2) is 4.68 Å². The van der Waals surface area contributed by atoms with E-state index in [4.69, 9.17) is 0 Å². The number of allylic oxidation sites excluding steroid dienone is 1. The van der Waals surface area contributed by atoms with Crippen LogP contribution in [0.2, 0.25) is 0 Å². The molecule has 0 fully saturated rings. The first-order chi connectivity index (χ1) is 15.2. The highest BCUT2D eigenvalue weighted by molar-refractivity contribution is 5.78. The predicted molar refractivity (Wildman–Crippen MR) is 115 cm³/mol. The van der Waals surface area contributed by atoms with Crippen molar-refractivity contribution < 1.29 is 13.5 Å². The number of aromatic nitrogens is 3. The summed E-state index contributed by atoms with van der Waals surface area (Å²) in [4.78, 5) is 4.31. The van der Waals surface area contributed by atoms with Crippen LogP contribution in [0.15, 0.2) is 91.3 Å². The fourth-order valence-electron chi connectivity index (χ4n) is 3.66. The summed E-state index contributed by atoms with van der Waals surface area (Å²) in [6, 6.07) is 24.8. The molecule has 0 bridgehead atoms. The minimum absolute atomic E-state index is 0.118. The maximum absolute atomic E-state index is 12.4. The van der Waals surface area contributed by atoms with Crippen molar-refractivity contribution in [1.29, 1.82) is 0 Å². The Labute approximate surface area is 177 Å². The Morgan fingerprint density at radius 1 is 0.839 bits per heavy atom. The Balaban J connectivity index is 1.46. The highest BCUT2D eigenvalue weighted by Crippen LogP contribution is 2.33. The number of nitrogens with one attached hydrogen (secondary N) is 1. The summed E-state index contributed by atoms with van der Waals surface area (Å²) in [6.07, 6.45) is 3.53. The molecule has 0 amide bonds. The predicted octanol–water partition coefficient (Wildman–Crippen LogP) is 5.60. The van der Waals surface area contributed by atoms with E-state index in [2.05, 4.69) is 56.5 Å². The highest BCUT2D eigenvalue weighted by atomic mass is 19.3. The van der Waals surface area contributed by atoms with Gasteiger partial charge in [0.1, 0.15) is 18.1 Å². The first kappa shape index (κ1) is 19.0. The molecule has 2 heterocycles. The third-order valence-corrected chi connectivity index (χ3v) is 5.16. The Kier molecular flexibility index (Phi) is 4.92. The molecule has 0 saturated carbocycles. The van der Waals surface area contributed by atoms with E-state index < -0.39 is 6.61 Å². The lowest BCUT2D eigenvalue weighted by molar-refractivity contribution is -0.0498. The number of rotatable bonds is 5. The molecule has 1 N–H and O–H groups in total. The number of alkyl halides is 2. The molecular formula is C24H18F2N4O. The molecule has 0 radical (unpaired) electrons. The van der Waals surface area contributed by atoms with Crippen LogP contribution in [-0.2, 0) is 0 Å². The number of benzene rings is 3. The van der Waals surface area contributed by atoms with Crippen molar-refractivity contribution in [2.75, 3.05) is 5.32 Å². The lowest BCUT2D eigenvalue weighted by Gasteiger charge is -2.24. The van der Waals surface area contributed by atoms with Crippen LogP contribution in [-0.4, -0.2) is 21.4 Å². The van der Waals surface area contributed by atoms with Crippen LogP contribution in [0.4, 0.5) is 14.7 Å². The molecule has 3 aromatic carbocycles. The molecule has 1 aliphatic rings. The number of halogens is 2. The molecule has 0 spiro atoms. The van der Waals surface area contributed by atoms with E-state index in [-0.39, 0.29) is 11.8 Å². The highest BCUT2D eigenvalue weighted by Gasteiger charge is 2.23. The van der Waals surface area contributed by atoms with Gasteiger partial charge in [-0.05, 0) is 40.5 Å². The Morgan fingerprint density at radius 3 is 2.23 bits per heavy atom. The maximum atomic E-state index is 12.4. The molecule has 7 heteroatoms. The summed E-state index contributed by atoms with van der Waals surface area (Å²) in [5.41, 5.74) is 5.08. The van der Waals surface area contributed by atoms with Crippen molar-refractivity contribution in [3.8, 4) is 16.9 Å². The van der Waals surface area contributed by atoms with Gasteiger partial charge in [-0.15, -0.1) is 0 Å².